The van der Waals surface area contributed by atoms with Gasteiger partial charge in [-0.3, -0.25) is 14.5 Å². The number of aliphatic carboxylic acids is 1. The number of hydrogen-bond acceptors (Lipinski definition) is 3. The second kappa shape index (κ2) is 9.36. The van der Waals surface area contributed by atoms with Crippen molar-refractivity contribution in [2.45, 2.75) is 64.0 Å². The molecule has 1 atom stereocenters. The highest BCUT2D eigenvalue weighted by Gasteiger charge is 2.30. The molecule has 0 radical (unpaired) electrons. The van der Waals surface area contributed by atoms with E-state index in [1.165, 1.54) is 5.56 Å². The molecule has 0 spiro atoms. The number of carbonyl (C=O) groups is 2. The molecule has 5 heteroatoms. The Bertz CT molecular complexity index is 618. The zero-order valence-corrected chi connectivity index (χ0v) is 16.3. The first-order chi connectivity index (χ1) is 13.0. The van der Waals surface area contributed by atoms with E-state index in [0.29, 0.717) is 18.8 Å². The monoisotopic (exact) mass is 372 g/mol. The first kappa shape index (κ1) is 19.9. The third-order valence-corrected chi connectivity index (χ3v) is 6.37. The van der Waals surface area contributed by atoms with E-state index in [1.54, 1.807) is 0 Å². The van der Waals surface area contributed by atoms with Crippen LogP contribution in [0.3, 0.4) is 0 Å². The van der Waals surface area contributed by atoms with Crippen molar-refractivity contribution in [2.24, 2.45) is 11.8 Å². The van der Waals surface area contributed by atoms with E-state index in [9.17, 15) is 9.59 Å². The smallest absolute Gasteiger partial charge is 0.306 e. The van der Waals surface area contributed by atoms with Crippen LogP contribution in [0.25, 0.3) is 0 Å². The van der Waals surface area contributed by atoms with Crippen molar-refractivity contribution in [1.29, 1.82) is 0 Å². The summed E-state index contributed by atoms with van der Waals surface area (Å²) in [5, 5.41) is 12.2. The van der Waals surface area contributed by atoms with E-state index in [-0.39, 0.29) is 23.9 Å². The SMILES string of the molecule is CC(C(=O)NC1CCC(C(=O)O)CC1)N1CCC(Cc2ccccc2)CC1. The predicted molar refractivity (Wildman–Crippen MR) is 105 cm³/mol. The van der Waals surface area contributed by atoms with Gasteiger partial charge in [-0.1, -0.05) is 30.3 Å². The van der Waals surface area contributed by atoms with Gasteiger partial charge in [0.25, 0.3) is 0 Å². The lowest BCUT2D eigenvalue weighted by atomic mass is 9.86. The highest BCUT2D eigenvalue weighted by Crippen LogP contribution is 2.25. The molecule has 1 aromatic rings. The van der Waals surface area contributed by atoms with Crippen molar-refractivity contribution in [3.05, 3.63) is 35.9 Å². The Kier molecular flexibility index (Phi) is 6.89. The molecule has 27 heavy (non-hydrogen) atoms. The molecule has 0 aromatic heterocycles. The summed E-state index contributed by atoms with van der Waals surface area (Å²) in [6, 6.07) is 10.7. The maximum absolute atomic E-state index is 12.6. The Morgan fingerprint density at radius 3 is 2.30 bits per heavy atom. The normalized spacial score (nSPS) is 25.7. The Morgan fingerprint density at radius 2 is 1.70 bits per heavy atom. The summed E-state index contributed by atoms with van der Waals surface area (Å²) in [6.07, 6.45) is 6.27. The fourth-order valence-corrected chi connectivity index (χ4v) is 4.46. The summed E-state index contributed by atoms with van der Waals surface area (Å²) in [6.45, 7) is 3.94. The van der Waals surface area contributed by atoms with Gasteiger partial charge >= 0.3 is 5.97 Å². The molecule has 3 rings (SSSR count). The molecule has 1 aromatic carbocycles. The van der Waals surface area contributed by atoms with Crippen molar-refractivity contribution in [2.75, 3.05) is 13.1 Å². The molecule has 148 valence electrons. The summed E-state index contributed by atoms with van der Waals surface area (Å²) in [4.78, 5) is 26.0. The number of amides is 1. The first-order valence-electron chi connectivity index (χ1n) is 10.3. The lowest BCUT2D eigenvalue weighted by Gasteiger charge is -2.36. The number of carbonyl (C=O) groups excluding carboxylic acids is 1. The zero-order chi connectivity index (χ0) is 19.2. The average molecular weight is 373 g/mol. The number of likely N-dealkylation sites (tertiary alicyclic amines) is 1. The summed E-state index contributed by atoms with van der Waals surface area (Å²) in [7, 11) is 0. The van der Waals surface area contributed by atoms with Crippen molar-refractivity contribution >= 4 is 11.9 Å². The van der Waals surface area contributed by atoms with Crippen LogP contribution in [0.5, 0.6) is 0 Å². The molecule has 2 aliphatic rings. The van der Waals surface area contributed by atoms with Crippen molar-refractivity contribution in [1.82, 2.24) is 10.2 Å². The Hall–Kier alpha value is -1.88. The molecular weight excluding hydrogens is 340 g/mol. The van der Waals surface area contributed by atoms with Crippen LogP contribution in [0.1, 0.15) is 51.0 Å². The second-order valence-electron chi connectivity index (χ2n) is 8.24. The molecule has 1 saturated heterocycles. The Morgan fingerprint density at radius 1 is 1.07 bits per heavy atom. The molecule has 1 aliphatic carbocycles. The number of nitrogens with one attached hydrogen (secondary N) is 1. The van der Waals surface area contributed by atoms with Crippen LogP contribution in [0.4, 0.5) is 0 Å². The van der Waals surface area contributed by atoms with Crippen molar-refractivity contribution in [3.8, 4) is 0 Å². The number of piperidine rings is 1. The molecule has 2 fully saturated rings. The standard InChI is InChI=1S/C22H32N2O3/c1-16(21(25)23-20-9-7-19(8-10-20)22(26)27)24-13-11-18(12-14-24)15-17-5-3-2-4-6-17/h2-6,16,18-20H,7-15H2,1H3,(H,23,25)(H,26,27). The van der Waals surface area contributed by atoms with E-state index >= 15 is 0 Å². The van der Waals surface area contributed by atoms with E-state index in [1.807, 2.05) is 6.92 Å². The van der Waals surface area contributed by atoms with Gasteiger partial charge in [0.05, 0.1) is 12.0 Å². The van der Waals surface area contributed by atoms with Gasteiger partial charge in [-0.05, 0) is 76.4 Å². The Labute approximate surface area is 162 Å². The molecule has 2 N–H and O–H groups in total. The maximum atomic E-state index is 12.6. The number of hydrogen-bond donors (Lipinski definition) is 2. The summed E-state index contributed by atoms with van der Waals surface area (Å²) in [5.41, 5.74) is 1.40. The number of carboxylic acid groups (broad SMARTS) is 1. The highest BCUT2D eigenvalue weighted by atomic mass is 16.4. The average Bonchev–Trinajstić information content (AvgIpc) is 2.69. The van der Waals surface area contributed by atoms with Gasteiger partial charge in [-0.2, -0.15) is 0 Å². The van der Waals surface area contributed by atoms with Crippen LogP contribution < -0.4 is 5.32 Å². The summed E-state index contributed by atoms with van der Waals surface area (Å²) < 4.78 is 0. The minimum atomic E-state index is -0.702. The summed E-state index contributed by atoms with van der Waals surface area (Å²) >= 11 is 0. The van der Waals surface area contributed by atoms with E-state index in [4.69, 9.17) is 5.11 Å². The van der Waals surface area contributed by atoms with Crippen LogP contribution in [-0.4, -0.2) is 47.1 Å². The molecule has 5 nitrogen and oxygen atoms in total. The second-order valence-corrected chi connectivity index (χ2v) is 8.24. The molecule has 0 bridgehead atoms. The van der Waals surface area contributed by atoms with Crippen molar-refractivity contribution in [3.63, 3.8) is 0 Å². The van der Waals surface area contributed by atoms with Gasteiger partial charge in [0, 0.05) is 6.04 Å². The van der Waals surface area contributed by atoms with Crippen molar-refractivity contribution < 1.29 is 14.7 Å². The molecule has 1 aliphatic heterocycles. The van der Waals surface area contributed by atoms with Crippen LogP contribution in [0, 0.1) is 11.8 Å². The van der Waals surface area contributed by atoms with Gasteiger partial charge in [0.1, 0.15) is 0 Å². The van der Waals surface area contributed by atoms with Gasteiger partial charge in [-0.25, -0.2) is 0 Å². The third-order valence-electron chi connectivity index (χ3n) is 6.37. The molecule has 1 amide bonds. The minimum absolute atomic E-state index is 0.0929. The molecule has 1 unspecified atom stereocenters. The fraction of sp³-hybridized carbons (Fsp3) is 0.636. The molecule has 1 heterocycles. The fourth-order valence-electron chi connectivity index (χ4n) is 4.46. The highest BCUT2D eigenvalue weighted by molar-refractivity contribution is 5.81. The maximum Gasteiger partial charge on any atom is 0.306 e. The van der Waals surface area contributed by atoms with E-state index < -0.39 is 5.97 Å². The van der Waals surface area contributed by atoms with Gasteiger partial charge < -0.3 is 10.4 Å². The van der Waals surface area contributed by atoms with Gasteiger partial charge in [0.15, 0.2) is 0 Å². The predicted octanol–water partition coefficient (Wildman–Crippen LogP) is 3.09. The number of benzene rings is 1. The number of nitrogens with zero attached hydrogens (tertiary/aromatic N) is 1. The zero-order valence-electron chi connectivity index (χ0n) is 16.3. The summed E-state index contributed by atoms with van der Waals surface area (Å²) in [5.74, 6) is -0.147. The third kappa shape index (κ3) is 5.55. The van der Waals surface area contributed by atoms with E-state index in [2.05, 4.69) is 40.5 Å². The van der Waals surface area contributed by atoms with Crippen LogP contribution >= 0.6 is 0 Å². The quantitative estimate of drug-likeness (QED) is 0.805. The molecular formula is C22H32N2O3. The van der Waals surface area contributed by atoms with Gasteiger partial charge in [0.2, 0.25) is 5.91 Å². The Balaban J connectivity index is 1.40. The minimum Gasteiger partial charge on any atom is -0.481 e. The van der Waals surface area contributed by atoms with E-state index in [0.717, 1.165) is 45.2 Å². The van der Waals surface area contributed by atoms with Crippen LogP contribution in [0.15, 0.2) is 30.3 Å². The lowest BCUT2D eigenvalue weighted by Crippen LogP contribution is -2.51. The van der Waals surface area contributed by atoms with Crippen LogP contribution in [0.2, 0.25) is 0 Å². The molecule has 1 saturated carbocycles. The lowest BCUT2D eigenvalue weighted by molar-refractivity contribution is -0.142. The topological polar surface area (TPSA) is 69.6 Å². The first-order valence-corrected chi connectivity index (χ1v) is 10.3. The largest absolute Gasteiger partial charge is 0.481 e. The van der Waals surface area contributed by atoms with Crippen LogP contribution in [-0.2, 0) is 16.0 Å². The number of rotatable bonds is 6. The van der Waals surface area contributed by atoms with Gasteiger partial charge in [-0.15, -0.1) is 0 Å². The number of carboxylic acids is 1.